The molecule has 0 radical (unpaired) electrons. The Morgan fingerprint density at radius 3 is 1.96 bits per heavy atom. The molecule has 3 heteroatoms. The van der Waals surface area contributed by atoms with Crippen molar-refractivity contribution in [3.05, 3.63) is 174 Å². The van der Waals surface area contributed by atoms with E-state index >= 15 is 0 Å². The molecule has 1 aliphatic carbocycles. The average Bonchev–Trinajstić information content (AvgIpc) is 3.62. The van der Waals surface area contributed by atoms with Gasteiger partial charge in [-0.15, -0.1) is 0 Å². The zero-order valence-electron chi connectivity index (χ0n) is 24.9. The molecule has 46 heavy (non-hydrogen) atoms. The Balaban J connectivity index is 1.17. The van der Waals surface area contributed by atoms with E-state index in [2.05, 4.69) is 140 Å². The van der Waals surface area contributed by atoms with Gasteiger partial charge in [0.05, 0.1) is 22.1 Å². The molecular formula is C43H25BN2. The van der Waals surface area contributed by atoms with Gasteiger partial charge in [0.15, 0.2) is 0 Å². The molecular weight excluding hydrogens is 555 g/mol. The molecule has 0 atom stereocenters. The van der Waals surface area contributed by atoms with Crippen LogP contribution in [0.1, 0.15) is 22.3 Å². The molecule has 0 fully saturated rings. The number of pyridine rings is 2. The molecule has 1 spiro atoms. The first-order valence-electron chi connectivity index (χ1n) is 16.0. The first-order chi connectivity index (χ1) is 22.8. The lowest BCUT2D eigenvalue weighted by Gasteiger charge is -2.42. The Hall–Kier alpha value is -5.80. The molecule has 0 N–H and O–H groups in total. The minimum Gasteiger partial charge on any atom is -0.254 e. The lowest BCUT2D eigenvalue weighted by molar-refractivity contribution is 0.775. The molecule has 210 valence electrons. The molecule has 0 saturated carbocycles. The van der Waals surface area contributed by atoms with Crippen LogP contribution >= 0.6 is 0 Å². The highest BCUT2D eigenvalue weighted by Crippen LogP contribution is 2.57. The maximum atomic E-state index is 5.22. The molecule has 2 aliphatic heterocycles. The van der Waals surface area contributed by atoms with E-state index in [0.717, 1.165) is 33.1 Å². The van der Waals surface area contributed by atoms with Gasteiger partial charge in [0, 0.05) is 17.0 Å². The third-order valence-corrected chi connectivity index (χ3v) is 10.8. The highest BCUT2D eigenvalue weighted by molar-refractivity contribution is 7.00. The van der Waals surface area contributed by atoms with E-state index < -0.39 is 0 Å². The SMILES string of the molecule is c1ccc2c(c1)B1c3cc(-c4ccc5ccc6cccnc6c5n4)ccc3-c3cccc(c31)C21c2ccccc2-c2ccccc21. The topological polar surface area (TPSA) is 25.8 Å². The number of aromatic nitrogens is 2. The molecule has 0 unspecified atom stereocenters. The van der Waals surface area contributed by atoms with Crippen molar-refractivity contribution in [2.45, 2.75) is 5.41 Å². The monoisotopic (exact) mass is 580 g/mol. The van der Waals surface area contributed by atoms with E-state index in [0.29, 0.717) is 0 Å². The number of rotatable bonds is 1. The fourth-order valence-corrected chi connectivity index (χ4v) is 9.06. The lowest BCUT2D eigenvalue weighted by Crippen LogP contribution is -2.59. The first-order valence-corrected chi connectivity index (χ1v) is 16.0. The minimum atomic E-state index is -0.357. The van der Waals surface area contributed by atoms with Crippen molar-refractivity contribution in [1.82, 2.24) is 9.97 Å². The average molecular weight is 580 g/mol. The van der Waals surface area contributed by atoms with Gasteiger partial charge in [-0.3, -0.25) is 4.98 Å². The Morgan fingerprint density at radius 1 is 0.457 bits per heavy atom. The van der Waals surface area contributed by atoms with Crippen LogP contribution in [0.25, 0.3) is 55.3 Å². The lowest BCUT2D eigenvalue weighted by atomic mass is 9.32. The maximum absolute atomic E-state index is 5.22. The fourth-order valence-electron chi connectivity index (χ4n) is 9.06. The van der Waals surface area contributed by atoms with Crippen LogP contribution in [-0.2, 0) is 5.41 Å². The van der Waals surface area contributed by atoms with Crippen LogP contribution in [-0.4, -0.2) is 16.7 Å². The number of nitrogens with zero attached hydrogens (tertiary/aromatic N) is 2. The maximum Gasteiger partial charge on any atom is 0.243 e. The van der Waals surface area contributed by atoms with Gasteiger partial charge < -0.3 is 0 Å². The molecule has 0 saturated heterocycles. The van der Waals surface area contributed by atoms with Crippen molar-refractivity contribution in [2.24, 2.45) is 0 Å². The standard InChI is InChI=1S/C43H25BN2/c1-3-13-33-29(10-1)30-11-2-4-14-34(30)43(33)35-15-5-6-17-37(35)44-38-25-28(20-22-31(38)32-12-7-16-36(43)40(32)44)39-23-21-27-19-18-26-9-8-24-45-41(26)42(27)46-39/h1-25H. The highest BCUT2D eigenvalue weighted by atomic mass is 14.8. The quantitative estimate of drug-likeness (QED) is 0.148. The smallest absolute Gasteiger partial charge is 0.243 e. The van der Waals surface area contributed by atoms with Crippen molar-refractivity contribution in [1.29, 1.82) is 0 Å². The Morgan fingerprint density at radius 2 is 1.13 bits per heavy atom. The third kappa shape index (κ3) is 2.89. The summed E-state index contributed by atoms with van der Waals surface area (Å²) < 4.78 is 0. The summed E-state index contributed by atoms with van der Waals surface area (Å²) in [5.74, 6) is 0. The minimum absolute atomic E-state index is 0.158. The summed E-state index contributed by atoms with van der Waals surface area (Å²) in [6, 6.07) is 54.0. The van der Waals surface area contributed by atoms with E-state index in [1.54, 1.807) is 0 Å². The van der Waals surface area contributed by atoms with Gasteiger partial charge in [-0.1, -0.05) is 150 Å². The predicted molar refractivity (Wildman–Crippen MR) is 190 cm³/mol. The molecule has 2 nitrogen and oxygen atoms in total. The molecule has 4 heterocycles. The summed E-state index contributed by atoms with van der Waals surface area (Å²) in [7, 11) is 0. The number of hydrogen-bond donors (Lipinski definition) is 0. The van der Waals surface area contributed by atoms with Gasteiger partial charge in [0.25, 0.3) is 0 Å². The summed E-state index contributed by atoms with van der Waals surface area (Å²) in [6.07, 6.45) is 1.86. The first kappa shape index (κ1) is 24.5. The van der Waals surface area contributed by atoms with Gasteiger partial charge in [-0.2, -0.15) is 0 Å². The Kier molecular flexibility index (Phi) is 4.63. The van der Waals surface area contributed by atoms with Gasteiger partial charge >= 0.3 is 0 Å². The molecule has 2 aromatic heterocycles. The summed E-state index contributed by atoms with van der Waals surface area (Å²) in [5, 5.41) is 2.22. The molecule has 3 aliphatic rings. The van der Waals surface area contributed by atoms with Gasteiger partial charge in [0.2, 0.25) is 6.71 Å². The van der Waals surface area contributed by atoms with Crippen LogP contribution in [0, 0.1) is 0 Å². The molecule has 0 bridgehead atoms. The van der Waals surface area contributed by atoms with Crippen molar-refractivity contribution in [3.8, 4) is 33.5 Å². The molecule has 0 amide bonds. The summed E-state index contributed by atoms with van der Waals surface area (Å²) in [4.78, 5) is 9.92. The summed E-state index contributed by atoms with van der Waals surface area (Å²) in [6.45, 7) is 0.158. The van der Waals surface area contributed by atoms with Crippen LogP contribution in [0.15, 0.2) is 152 Å². The van der Waals surface area contributed by atoms with Crippen LogP contribution in [0.2, 0.25) is 0 Å². The van der Waals surface area contributed by atoms with E-state index in [1.165, 1.54) is 60.9 Å². The second kappa shape index (κ2) is 8.68. The molecule has 11 rings (SSSR count). The largest absolute Gasteiger partial charge is 0.254 e. The van der Waals surface area contributed by atoms with Gasteiger partial charge in [-0.05, 0) is 62.2 Å². The second-order valence-electron chi connectivity index (χ2n) is 12.8. The van der Waals surface area contributed by atoms with Crippen molar-refractivity contribution < 1.29 is 0 Å². The summed E-state index contributed by atoms with van der Waals surface area (Å²) >= 11 is 0. The van der Waals surface area contributed by atoms with Crippen LogP contribution in [0.5, 0.6) is 0 Å². The normalized spacial score (nSPS) is 14.2. The number of hydrogen-bond acceptors (Lipinski definition) is 2. The van der Waals surface area contributed by atoms with Crippen molar-refractivity contribution in [2.75, 3.05) is 0 Å². The van der Waals surface area contributed by atoms with Crippen LogP contribution in [0.4, 0.5) is 0 Å². The molecule has 6 aromatic carbocycles. The van der Waals surface area contributed by atoms with Gasteiger partial charge in [-0.25, -0.2) is 4.98 Å². The third-order valence-electron chi connectivity index (χ3n) is 10.8. The van der Waals surface area contributed by atoms with E-state index in [9.17, 15) is 0 Å². The van der Waals surface area contributed by atoms with E-state index in [1.807, 2.05) is 12.3 Å². The van der Waals surface area contributed by atoms with E-state index in [4.69, 9.17) is 9.97 Å². The Bertz CT molecular complexity index is 2570. The fraction of sp³-hybridized carbons (Fsp3) is 0.0233. The number of fused-ring (bicyclic) bond motifs is 15. The second-order valence-corrected chi connectivity index (χ2v) is 12.8. The Labute approximate surface area is 267 Å². The van der Waals surface area contributed by atoms with Crippen LogP contribution < -0.4 is 16.4 Å². The molecule has 8 aromatic rings. The highest BCUT2D eigenvalue weighted by Gasteiger charge is 2.54. The number of benzene rings is 6. The summed E-state index contributed by atoms with van der Waals surface area (Å²) in [5.41, 5.74) is 18.8. The van der Waals surface area contributed by atoms with Crippen molar-refractivity contribution in [3.63, 3.8) is 0 Å². The van der Waals surface area contributed by atoms with Gasteiger partial charge in [0.1, 0.15) is 0 Å². The van der Waals surface area contributed by atoms with E-state index in [-0.39, 0.29) is 12.1 Å². The zero-order chi connectivity index (χ0) is 30.0. The van der Waals surface area contributed by atoms with Crippen molar-refractivity contribution >= 4 is 44.9 Å². The predicted octanol–water partition coefficient (Wildman–Crippen LogP) is 7.62. The van der Waals surface area contributed by atoms with Crippen LogP contribution in [0.3, 0.4) is 0 Å². The zero-order valence-corrected chi connectivity index (χ0v) is 24.9.